The number of ether oxygens (including phenoxy) is 2. The van der Waals surface area contributed by atoms with Gasteiger partial charge in [0.05, 0.1) is 0 Å². The lowest BCUT2D eigenvalue weighted by Crippen LogP contribution is -2.50. The number of nitrogens with zero attached hydrogens (tertiary/aromatic N) is 2. The molecule has 45 heavy (non-hydrogen) atoms. The van der Waals surface area contributed by atoms with Gasteiger partial charge in [0.2, 0.25) is 0 Å². The van der Waals surface area contributed by atoms with Gasteiger partial charge in [0.1, 0.15) is 12.2 Å². The number of carbonyl (C=O) groups is 2. The Hall–Kier alpha value is -4.32. The highest BCUT2D eigenvalue weighted by molar-refractivity contribution is 7.81. The van der Waals surface area contributed by atoms with E-state index in [1.54, 1.807) is 39.5 Å². The van der Waals surface area contributed by atoms with E-state index in [1.165, 1.54) is 0 Å². The van der Waals surface area contributed by atoms with E-state index in [1.807, 2.05) is 47.4 Å². The third-order valence-electron chi connectivity index (χ3n) is 8.08. The third kappa shape index (κ3) is 7.33. The number of anilines is 1. The van der Waals surface area contributed by atoms with Crippen LogP contribution in [0.1, 0.15) is 54.5 Å². The molecule has 2 amide bonds. The Bertz CT molecular complexity index is 1670. The second kappa shape index (κ2) is 12.6. The minimum absolute atomic E-state index is 0.0175. The van der Waals surface area contributed by atoms with E-state index in [-0.39, 0.29) is 24.8 Å². The van der Waals surface area contributed by atoms with Crippen LogP contribution in [0.3, 0.4) is 0 Å². The molecule has 12 heteroatoms. The minimum atomic E-state index is -5.32. The summed E-state index contributed by atoms with van der Waals surface area (Å²) in [5.74, 6) is -0.251. The van der Waals surface area contributed by atoms with E-state index in [4.69, 9.17) is 13.7 Å². The molecule has 3 aromatic rings. The highest BCUT2D eigenvalue weighted by Crippen LogP contribution is 2.44. The van der Waals surface area contributed by atoms with Crippen LogP contribution in [0.5, 0.6) is 5.75 Å². The molecular formula is C33H38FN3O7S. The maximum Gasteiger partial charge on any atom is 0.488 e. The Kier molecular flexibility index (Phi) is 8.97. The number of amides is 2. The maximum atomic E-state index is 13.8. The first-order chi connectivity index (χ1) is 21.2. The van der Waals surface area contributed by atoms with Crippen LogP contribution in [-0.2, 0) is 26.5 Å². The molecule has 1 heterocycles. The van der Waals surface area contributed by atoms with Crippen molar-refractivity contribution in [3.63, 3.8) is 0 Å². The van der Waals surface area contributed by atoms with Gasteiger partial charge in [0.25, 0.3) is 0 Å². The molecule has 0 aromatic heterocycles. The number of nitrogens with one attached hydrogen (secondary N) is 1. The maximum absolute atomic E-state index is 13.8. The number of rotatable bonds is 7. The van der Waals surface area contributed by atoms with Crippen LogP contribution in [0.2, 0.25) is 0 Å². The molecule has 10 nitrogen and oxygen atoms in total. The second-order valence-electron chi connectivity index (χ2n) is 12.2. The number of hydrogen-bond acceptors (Lipinski definition) is 8. The van der Waals surface area contributed by atoms with Crippen molar-refractivity contribution < 1.29 is 35.5 Å². The predicted octanol–water partition coefficient (Wildman–Crippen LogP) is 5.99. The fourth-order valence-electron chi connectivity index (χ4n) is 5.93. The molecule has 1 saturated heterocycles. The topological polar surface area (TPSA) is 114 Å². The molecule has 0 saturated carbocycles. The Balaban J connectivity index is 1.30. The molecule has 0 atom stereocenters. The van der Waals surface area contributed by atoms with Crippen molar-refractivity contribution in [2.24, 2.45) is 0 Å². The number of benzene rings is 3. The highest BCUT2D eigenvalue weighted by Gasteiger charge is 2.30. The summed E-state index contributed by atoms with van der Waals surface area (Å²) in [7, 11) is -5.32. The van der Waals surface area contributed by atoms with Crippen molar-refractivity contribution in [1.82, 2.24) is 10.2 Å². The van der Waals surface area contributed by atoms with Crippen LogP contribution in [-0.4, -0.2) is 63.9 Å². The Morgan fingerprint density at radius 1 is 0.933 bits per heavy atom. The van der Waals surface area contributed by atoms with Gasteiger partial charge in [-0.1, -0.05) is 52.4 Å². The van der Waals surface area contributed by atoms with Gasteiger partial charge >= 0.3 is 22.7 Å². The van der Waals surface area contributed by atoms with Crippen LogP contribution in [0.25, 0.3) is 11.1 Å². The standard InChI is InChI=1S/C33H38FN3O7S/c1-21-23(19-35-31(38)42-20-28-26-12-8-6-10-24(26)25-11-7-9-13-27(25)28)18-29(22(2)30(21)44-45(34,40)41)36-14-16-37(17-15-36)32(39)43-33(3,4)5/h6-13,18,28H,14-17,19-20H2,1-5H3,(H,35,38). The molecule has 3 aromatic carbocycles. The highest BCUT2D eigenvalue weighted by atomic mass is 32.3. The lowest BCUT2D eigenvalue weighted by atomic mass is 9.98. The Morgan fingerprint density at radius 3 is 2.07 bits per heavy atom. The van der Waals surface area contributed by atoms with Gasteiger partial charge in [0.15, 0.2) is 5.75 Å². The van der Waals surface area contributed by atoms with E-state index in [9.17, 15) is 21.9 Å². The fourth-order valence-corrected chi connectivity index (χ4v) is 6.38. The normalized spacial score (nSPS) is 14.9. The summed E-state index contributed by atoms with van der Waals surface area (Å²) in [6, 6.07) is 17.9. The van der Waals surface area contributed by atoms with Gasteiger partial charge in [-0.15, -0.1) is 0 Å². The van der Waals surface area contributed by atoms with Crippen molar-refractivity contribution >= 4 is 28.4 Å². The number of fused-ring (bicyclic) bond motifs is 3. The summed E-state index contributed by atoms with van der Waals surface area (Å²) in [5.41, 5.74) is 5.70. The summed E-state index contributed by atoms with van der Waals surface area (Å²) in [6.45, 7) is 10.3. The number of alkyl carbamates (subject to hydrolysis) is 1. The first-order valence-electron chi connectivity index (χ1n) is 14.8. The first-order valence-corrected chi connectivity index (χ1v) is 16.1. The van der Waals surface area contributed by atoms with Crippen LogP contribution in [0.15, 0.2) is 54.6 Å². The third-order valence-corrected chi connectivity index (χ3v) is 8.45. The van der Waals surface area contributed by atoms with E-state index >= 15 is 0 Å². The Morgan fingerprint density at radius 2 is 1.51 bits per heavy atom. The van der Waals surface area contributed by atoms with Crippen molar-refractivity contribution in [2.75, 3.05) is 37.7 Å². The van der Waals surface area contributed by atoms with Gasteiger partial charge < -0.3 is 28.8 Å². The number of halogens is 1. The first kappa shape index (κ1) is 32.1. The molecule has 1 N–H and O–H groups in total. The van der Waals surface area contributed by atoms with Crippen molar-refractivity contribution in [3.8, 4) is 16.9 Å². The molecule has 1 aliphatic heterocycles. The molecule has 0 unspecified atom stereocenters. The zero-order chi connectivity index (χ0) is 32.5. The van der Waals surface area contributed by atoms with Gasteiger partial charge in [-0.3, -0.25) is 0 Å². The van der Waals surface area contributed by atoms with E-state index in [0.29, 0.717) is 48.6 Å². The SMILES string of the molecule is Cc1c(CNC(=O)OCC2c3ccccc3-c3ccccc32)cc(N2CCN(C(=O)OC(C)(C)C)CC2)c(C)c1OS(=O)(=O)F. The van der Waals surface area contributed by atoms with Crippen molar-refractivity contribution in [2.45, 2.75) is 52.7 Å². The van der Waals surface area contributed by atoms with E-state index in [2.05, 4.69) is 17.4 Å². The summed E-state index contributed by atoms with van der Waals surface area (Å²) in [4.78, 5) is 29.0. The summed E-state index contributed by atoms with van der Waals surface area (Å²) < 4.78 is 52.8. The average molecular weight is 640 g/mol. The van der Waals surface area contributed by atoms with Crippen molar-refractivity contribution in [1.29, 1.82) is 0 Å². The van der Waals surface area contributed by atoms with Crippen LogP contribution < -0.4 is 14.4 Å². The van der Waals surface area contributed by atoms with Gasteiger partial charge in [-0.05, 0) is 74.1 Å². The van der Waals surface area contributed by atoms with Gasteiger partial charge in [-0.2, -0.15) is 8.42 Å². The zero-order valence-electron chi connectivity index (χ0n) is 26.1. The Labute approximate surface area is 263 Å². The monoisotopic (exact) mass is 639 g/mol. The van der Waals surface area contributed by atoms with E-state index in [0.717, 1.165) is 22.3 Å². The molecule has 240 valence electrons. The quantitative estimate of drug-likeness (QED) is 0.314. The predicted molar refractivity (Wildman–Crippen MR) is 169 cm³/mol. The zero-order valence-corrected chi connectivity index (χ0v) is 26.9. The molecule has 1 fully saturated rings. The molecule has 0 bridgehead atoms. The second-order valence-corrected chi connectivity index (χ2v) is 13.2. The number of carbonyl (C=O) groups excluding carboxylic acids is 2. The number of piperazine rings is 1. The van der Waals surface area contributed by atoms with Crippen LogP contribution >= 0.6 is 0 Å². The van der Waals surface area contributed by atoms with Gasteiger partial charge in [-0.25, -0.2) is 9.59 Å². The largest absolute Gasteiger partial charge is 0.488 e. The lowest BCUT2D eigenvalue weighted by molar-refractivity contribution is 0.0240. The lowest BCUT2D eigenvalue weighted by Gasteiger charge is -2.37. The van der Waals surface area contributed by atoms with Crippen LogP contribution in [0.4, 0.5) is 19.2 Å². The average Bonchev–Trinajstić information content (AvgIpc) is 3.30. The van der Waals surface area contributed by atoms with Gasteiger partial charge in [0, 0.05) is 49.9 Å². The van der Waals surface area contributed by atoms with E-state index < -0.39 is 28.3 Å². The molecule has 0 radical (unpaired) electrons. The summed E-state index contributed by atoms with van der Waals surface area (Å²) >= 11 is 0. The van der Waals surface area contributed by atoms with Crippen LogP contribution in [0, 0.1) is 13.8 Å². The smallest absolute Gasteiger partial charge is 0.449 e. The molecule has 1 aliphatic carbocycles. The molecular weight excluding hydrogens is 601 g/mol. The van der Waals surface area contributed by atoms with Crippen molar-refractivity contribution in [3.05, 3.63) is 82.4 Å². The fraction of sp³-hybridized carbons (Fsp3) is 0.394. The summed E-state index contributed by atoms with van der Waals surface area (Å²) in [5, 5.41) is 2.75. The summed E-state index contributed by atoms with van der Waals surface area (Å²) in [6.07, 6.45) is -1.06. The number of hydrogen-bond donors (Lipinski definition) is 1. The molecule has 5 rings (SSSR count). The minimum Gasteiger partial charge on any atom is -0.449 e. The molecule has 0 spiro atoms. The molecule has 2 aliphatic rings.